The van der Waals surface area contributed by atoms with Crippen LogP contribution in [-0.4, -0.2) is 26.3 Å². The van der Waals surface area contributed by atoms with Crippen molar-refractivity contribution in [3.8, 4) is 18.1 Å². The molecule has 1 aliphatic heterocycles. The van der Waals surface area contributed by atoms with E-state index in [-0.39, 0.29) is 12.6 Å². The minimum absolute atomic E-state index is 0.176. The molecule has 0 spiro atoms. The van der Waals surface area contributed by atoms with Gasteiger partial charge in [-0.1, -0.05) is 5.92 Å². The van der Waals surface area contributed by atoms with E-state index in [0.717, 1.165) is 0 Å². The zero-order chi connectivity index (χ0) is 14.4. The highest BCUT2D eigenvalue weighted by Gasteiger charge is 2.16. The third-order valence-corrected chi connectivity index (χ3v) is 2.78. The number of rotatable bonds is 3. The average Bonchev–Trinajstić information content (AvgIpc) is 2.47. The monoisotopic (exact) mass is 277 g/mol. The van der Waals surface area contributed by atoms with Crippen molar-refractivity contribution >= 4 is 5.96 Å². The van der Waals surface area contributed by atoms with Crippen LogP contribution in [0.1, 0.15) is 11.1 Å². The van der Waals surface area contributed by atoms with E-state index in [0.29, 0.717) is 42.5 Å². The van der Waals surface area contributed by atoms with E-state index < -0.39 is 0 Å². The molecule has 0 saturated heterocycles. The Morgan fingerprint density at radius 2 is 2.35 bits per heavy atom. The number of nitrogens with one attached hydrogen (secondary N) is 2. The second-order valence-corrected chi connectivity index (χ2v) is 4.15. The lowest BCUT2D eigenvalue weighted by Crippen LogP contribution is -2.37. The van der Waals surface area contributed by atoms with Gasteiger partial charge in [0.25, 0.3) is 0 Å². The molecule has 2 N–H and O–H groups in total. The summed E-state index contributed by atoms with van der Waals surface area (Å²) in [5, 5.41) is 5.98. The molecule has 0 bridgehead atoms. The second kappa shape index (κ2) is 6.78. The Kier molecular flexibility index (Phi) is 4.80. The van der Waals surface area contributed by atoms with Crippen molar-refractivity contribution in [2.75, 3.05) is 20.4 Å². The van der Waals surface area contributed by atoms with Crippen LogP contribution >= 0.6 is 0 Å². The van der Waals surface area contributed by atoms with E-state index in [4.69, 9.17) is 15.9 Å². The van der Waals surface area contributed by atoms with E-state index in [2.05, 4.69) is 21.5 Å². The summed E-state index contributed by atoms with van der Waals surface area (Å²) in [5.41, 5.74) is 1.42. The lowest BCUT2D eigenvalue weighted by atomic mass is 10.1. The Morgan fingerprint density at radius 1 is 1.50 bits per heavy atom. The van der Waals surface area contributed by atoms with Gasteiger partial charge in [-0.25, -0.2) is 4.39 Å². The largest absolute Gasteiger partial charge is 0.467 e. The molecule has 20 heavy (non-hydrogen) atoms. The number of hydrogen-bond donors (Lipinski definition) is 2. The Bertz CT molecular complexity index is 552. The van der Waals surface area contributed by atoms with Crippen LogP contribution in [0.4, 0.5) is 4.39 Å². The Hall–Kier alpha value is -2.26. The predicted molar refractivity (Wildman–Crippen MR) is 73.7 cm³/mol. The molecule has 0 radical (unpaired) electrons. The highest BCUT2D eigenvalue weighted by Crippen LogP contribution is 2.29. The first kappa shape index (κ1) is 14.2. The first-order chi connectivity index (χ1) is 9.74. The smallest absolute Gasteiger partial charge is 0.192 e. The van der Waals surface area contributed by atoms with Crippen LogP contribution in [0.25, 0.3) is 0 Å². The van der Waals surface area contributed by atoms with Crippen molar-refractivity contribution in [3.63, 3.8) is 0 Å². The molecule has 0 fully saturated rings. The summed E-state index contributed by atoms with van der Waals surface area (Å²) in [6, 6.07) is 2.86. The summed E-state index contributed by atoms with van der Waals surface area (Å²) in [5.74, 6) is 3.35. The average molecular weight is 277 g/mol. The second-order valence-electron chi connectivity index (χ2n) is 4.15. The Morgan fingerprint density at radius 3 is 3.10 bits per heavy atom. The number of ether oxygens (including phenoxy) is 2. The normalized spacial score (nSPS) is 13.9. The number of benzene rings is 1. The molecule has 0 atom stereocenters. The predicted octanol–water partition coefficient (Wildman–Crippen LogP) is 0.990. The summed E-state index contributed by atoms with van der Waals surface area (Å²) < 4.78 is 24.1. The van der Waals surface area contributed by atoms with Gasteiger partial charge >= 0.3 is 0 Å². The molecule has 0 aliphatic carbocycles. The number of fused-ring (bicyclic) bond motifs is 1. The maximum atomic E-state index is 13.6. The zero-order valence-corrected chi connectivity index (χ0v) is 11.2. The molecule has 0 saturated carbocycles. The highest BCUT2D eigenvalue weighted by molar-refractivity contribution is 5.79. The number of terminal acetylenes is 1. The van der Waals surface area contributed by atoms with E-state index in [1.165, 1.54) is 12.1 Å². The molecule has 1 aliphatic rings. The van der Waals surface area contributed by atoms with Crippen LogP contribution in [0.15, 0.2) is 17.1 Å². The van der Waals surface area contributed by atoms with Crippen LogP contribution in [-0.2, 0) is 17.9 Å². The van der Waals surface area contributed by atoms with E-state index in [1.54, 1.807) is 7.05 Å². The quantitative estimate of drug-likeness (QED) is 0.491. The summed E-state index contributed by atoms with van der Waals surface area (Å²) >= 11 is 0. The molecule has 1 aromatic carbocycles. The van der Waals surface area contributed by atoms with Crippen molar-refractivity contribution in [3.05, 3.63) is 29.1 Å². The molecular formula is C14H16FN3O2. The van der Waals surface area contributed by atoms with Crippen molar-refractivity contribution in [2.45, 2.75) is 13.2 Å². The lowest BCUT2D eigenvalue weighted by Gasteiger charge is -2.21. The van der Waals surface area contributed by atoms with Crippen LogP contribution in [0.5, 0.6) is 5.75 Å². The molecule has 2 rings (SSSR count). The van der Waals surface area contributed by atoms with Crippen LogP contribution in [0, 0.1) is 18.2 Å². The third-order valence-electron chi connectivity index (χ3n) is 2.78. The van der Waals surface area contributed by atoms with Crippen molar-refractivity contribution in [1.29, 1.82) is 0 Å². The van der Waals surface area contributed by atoms with Crippen molar-refractivity contribution < 1.29 is 13.9 Å². The summed E-state index contributed by atoms with van der Waals surface area (Å²) in [6.45, 7) is 1.27. The lowest BCUT2D eigenvalue weighted by molar-refractivity contribution is -0.0172. The van der Waals surface area contributed by atoms with E-state index in [9.17, 15) is 4.39 Å². The fourth-order valence-corrected chi connectivity index (χ4v) is 1.92. The molecule has 5 nitrogen and oxygen atoms in total. The molecule has 6 heteroatoms. The SMILES string of the molecule is C#CCNC(=NC)NCc1cc(F)cc2c1OCOC2. The fourth-order valence-electron chi connectivity index (χ4n) is 1.92. The van der Waals surface area contributed by atoms with Gasteiger partial charge in [0, 0.05) is 24.7 Å². The molecule has 0 aromatic heterocycles. The van der Waals surface area contributed by atoms with Gasteiger partial charge in [-0.15, -0.1) is 6.42 Å². The van der Waals surface area contributed by atoms with Crippen LogP contribution < -0.4 is 15.4 Å². The van der Waals surface area contributed by atoms with Gasteiger partial charge in [0.1, 0.15) is 11.6 Å². The van der Waals surface area contributed by atoms with E-state index >= 15 is 0 Å². The summed E-state index contributed by atoms with van der Waals surface area (Å²) in [4.78, 5) is 4.01. The minimum Gasteiger partial charge on any atom is -0.467 e. The van der Waals surface area contributed by atoms with Gasteiger partial charge in [0.05, 0.1) is 13.2 Å². The third kappa shape index (κ3) is 3.39. The maximum absolute atomic E-state index is 13.6. The molecule has 0 amide bonds. The Labute approximate surface area is 117 Å². The first-order valence-corrected chi connectivity index (χ1v) is 6.14. The molecule has 0 unspecified atom stereocenters. The van der Waals surface area contributed by atoms with Crippen molar-refractivity contribution in [1.82, 2.24) is 10.6 Å². The zero-order valence-electron chi connectivity index (χ0n) is 11.2. The molecule has 1 aromatic rings. The van der Waals surface area contributed by atoms with Crippen molar-refractivity contribution in [2.24, 2.45) is 4.99 Å². The summed E-state index contributed by atoms with van der Waals surface area (Å²) in [6.07, 6.45) is 5.17. The van der Waals surface area contributed by atoms with E-state index in [1.807, 2.05) is 0 Å². The van der Waals surface area contributed by atoms with Gasteiger partial charge in [0.15, 0.2) is 12.8 Å². The van der Waals surface area contributed by atoms with Gasteiger partial charge in [-0.05, 0) is 12.1 Å². The highest BCUT2D eigenvalue weighted by atomic mass is 19.1. The molecule has 106 valence electrons. The van der Waals surface area contributed by atoms with Gasteiger partial charge in [-0.2, -0.15) is 0 Å². The van der Waals surface area contributed by atoms with Gasteiger partial charge in [-0.3, -0.25) is 4.99 Å². The molecular weight excluding hydrogens is 261 g/mol. The first-order valence-electron chi connectivity index (χ1n) is 6.14. The number of guanidine groups is 1. The Balaban J connectivity index is 2.09. The summed E-state index contributed by atoms with van der Waals surface area (Å²) in [7, 11) is 1.64. The van der Waals surface area contributed by atoms with Crippen LogP contribution in [0.3, 0.4) is 0 Å². The number of hydrogen-bond acceptors (Lipinski definition) is 3. The minimum atomic E-state index is -0.318. The number of halogens is 1. The topological polar surface area (TPSA) is 54.9 Å². The standard InChI is InChI=1S/C14H16FN3O2/c1-3-4-17-14(16-2)18-7-10-5-12(15)6-11-8-19-9-20-13(10)11/h1,5-6H,4,7-9H2,2H3,(H2,16,17,18). The van der Waals surface area contributed by atoms with Gasteiger partial charge in [0.2, 0.25) is 0 Å². The maximum Gasteiger partial charge on any atom is 0.192 e. The fraction of sp³-hybridized carbons (Fsp3) is 0.357. The van der Waals surface area contributed by atoms with Gasteiger partial charge < -0.3 is 20.1 Å². The molecule has 1 heterocycles. The van der Waals surface area contributed by atoms with Crippen LogP contribution in [0.2, 0.25) is 0 Å². The number of nitrogens with zero attached hydrogens (tertiary/aromatic N) is 1. The number of aliphatic imine (C=N–C) groups is 1.